The van der Waals surface area contributed by atoms with Gasteiger partial charge in [0, 0.05) is 45.3 Å². The molecule has 15 heteroatoms. The van der Waals surface area contributed by atoms with Crippen LogP contribution in [0, 0.1) is 23.7 Å². The molecule has 1 unspecified atom stereocenters. The van der Waals surface area contributed by atoms with Gasteiger partial charge in [0.15, 0.2) is 5.78 Å². The third kappa shape index (κ3) is 23.7. The van der Waals surface area contributed by atoms with Gasteiger partial charge < -0.3 is 50.7 Å². The number of amides is 5. The molecule has 6 N–H and O–H groups in total. The van der Waals surface area contributed by atoms with Crippen molar-refractivity contribution in [3.63, 3.8) is 0 Å². The van der Waals surface area contributed by atoms with Crippen LogP contribution in [0.4, 0.5) is 4.79 Å². The Kier molecular flexibility index (Phi) is 25.5. The Morgan fingerprint density at radius 3 is 2.10 bits per heavy atom. The third-order valence-corrected chi connectivity index (χ3v) is 7.53. The van der Waals surface area contributed by atoms with Crippen LogP contribution in [0.5, 0.6) is 0 Å². The first-order valence-corrected chi connectivity index (χ1v) is 17.4. The quantitative estimate of drug-likeness (QED) is 0.0575. The lowest BCUT2D eigenvalue weighted by Crippen LogP contribution is -2.46. The fraction of sp³-hybridized carbons (Fsp3) is 0.794. The number of carbonyl (C=O) groups excluding carboxylic acids is 5. The van der Waals surface area contributed by atoms with Crippen LogP contribution in [-0.4, -0.2) is 121 Å². The molecule has 0 aromatic carbocycles. The molecule has 0 radical (unpaired) electrons. The third-order valence-electron chi connectivity index (χ3n) is 7.53. The maximum atomic E-state index is 13.0. The summed E-state index contributed by atoms with van der Waals surface area (Å²) in [6.07, 6.45) is 5.84. The summed E-state index contributed by atoms with van der Waals surface area (Å²) in [5, 5.41) is 10.6. The Morgan fingerprint density at radius 1 is 0.816 bits per heavy atom. The lowest BCUT2D eigenvalue weighted by Gasteiger charge is -2.23. The molecular weight excluding hydrogens is 638 g/mol. The monoisotopic (exact) mass is 697 g/mol. The second kappa shape index (κ2) is 28.5. The Hall–Kier alpha value is -3.29. The van der Waals surface area contributed by atoms with E-state index >= 15 is 0 Å². The first-order valence-electron chi connectivity index (χ1n) is 17.4. The van der Waals surface area contributed by atoms with Crippen LogP contribution in [0.1, 0.15) is 71.6 Å². The molecule has 3 atom stereocenters. The minimum absolute atomic E-state index is 0.00464. The number of nitrogens with one attached hydrogen (secondary N) is 4. The van der Waals surface area contributed by atoms with Crippen molar-refractivity contribution in [1.29, 1.82) is 0 Å². The molecule has 280 valence electrons. The molecule has 0 spiro atoms. The number of Topliss-reactive ketones (excluding diaryl/α,β-unsaturated/α-hetero) is 1. The van der Waals surface area contributed by atoms with E-state index in [0.29, 0.717) is 72.2 Å². The average Bonchev–Trinajstić information content (AvgIpc) is 3.05. The fourth-order valence-electron chi connectivity index (χ4n) is 4.84. The summed E-state index contributed by atoms with van der Waals surface area (Å²) >= 11 is 0. The number of ketones is 1. The molecule has 15 nitrogen and oxygen atoms in total. The van der Waals surface area contributed by atoms with E-state index in [1.165, 1.54) is 7.05 Å². The van der Waals surface area contributed by atoms with Gasteiger partial charge in [-0.15, -0.1) is 5.92 Å². The van der Waals surface area contributed by atoms with Crippen molar-refractivity contribution in [3.05, 3.63) is 0 Å². The number of rotatable bonds is 28. The van der Waals surface area contributed by atoms with Crippen LogP contribution in [0.3, 0.4) is 0 Å². The number of carbonyl (C=O) groups is 5. The lowest BCUT2D eigenvalue weighted by molar-refractivity contribution is -0.132. The minimum Gasteiger partial charge on any atom is -0.379 e. The van der Waals surface area contributed by atoms with Gasteiger partial charge in [0.25, 0.3) is 0 Å². The summed E-state index contributed by atoms with van der Waals surface area (Å²) in [4.78, 5) is 60.6. The smallest absolute Gasteiger partial charge is 0.312 e. The molecule has 0 fully saturated rings. The predicted molar refractivity (Wildman–Crippen MR) is 182 cm³/mol. The summed E-state index contributed by atoms with van der Waals surface area (Å²) < 4.78 is 27.5. The van der Waals surface area contributed by atoms with Gasteiger partial charge in [-0.1, -0.05) is 26.2 Å². The molecule has 0 saturated carbocycles. The molecule has 0 aromatic heterocycles. The van der Waals surface area contributed by atoms with Crippen LogP contribution in [0.2, 0.25) is 0 Å². The lowest BCUT2D eigenvalue weighted by atomic mass is 9.89. The zero-order chi connectivity index (χ0) is 36.1. The van der Waals surface area contributed by atoms with Crippen LogP contribution in [-0.2, 0) is 42.9 Å². The summed E-state index contributed by atoms with van der Waals surface area (Å²) in [6, 6.07) is -1.39. The van der Waals surface area contributed by atoms with Crippen LogP contribution < -0.4 is 27.0 Å². The number of urea groups is 1. The summed E-state index contributed by atoms with van der Waals surface area (Å²) in [7, 11) is 1.50. The van der Waals surface area contributed by atoms with Gasteiger partial charge in [0.05, 0.1) is 58.9 Å². The molecule has 0 bridgehead atoms. The van der Waals surface area contributed by atoms with Crippen molar-refractivity contribution in [2.24, 2.45) is 17.6 Å². The van der Waals surface area contributed by atoms with Crippen LogP contribution in [0.15, 0.2) is 0 Å². The number of hydrogen-bond donors (Lipinski definition) is 5. The van der Waals surface area contributed by atoms with Crippen molar-refractivity contribution in [3.8, 4) is 11.8 Å². The Morgan fingerprint density at radius 2 is 1.47 bits per heavy atom. The second-order valence-electron chi connectivity index (χ2n) is 12.0. The minimum atomic E-state index is -0.737. The zero-order valence-corrected chi connectivity index (χ0v) is 29.6. The van der Waals surface area contributed by atoms with Gasteiger partial charge in [-0.05, 0) is 38.0 Å². The molecule has 1 aliphatic carbocycles. The van der Waals surface area contributed by atoms with Gasteiger partial charge in [-0.2, -0.15) is 0 Å². The normalized spacial score (nSPS) is 15.6. The number of primary amides is 1. The van der Waals surface area contributed by atoms with Gasteiger partial charge in [-0.25, -0.2) is 4.79 Å². The maximum absolute atomic E-state index is 13.0. The SMILES string of the molecule is CNC(=O)[C@H](CCCNC(N)=O)CC(=O)[C@@H](NC(=O)CCOCCOCCOCCOCCNC(=O)COC1C#CCCCCC1)C(C)C. The number of nitrogens with two attached hydrogens (primary N) is 1. The average molecular weight is 698 g/mol. The van der Waals surface area contributed by atoms with Gasteiger partial charge in [0.1, 0.15) is 12.7 Å². The van der Waals surface area contributed by atoms with E-state index in [0.717, 1.165) is 32.1 Å². The first kappa shape index (κ1) is 43.7. The van der Waals surface area contributed by atoms with Gasteiger partial charge >= 0.3 is 6.03 Å². The zero-order valence-electron chi connectivity index (χ0n) is 29.6. The van der Waals surface area contributed by atoms with E-state index in [2.05, 4.69) is 33.1 Å². The summed E-state index contributed by atoms with van der Waals surface area (Å²) in [5.41, 5.74) is 5.06. The highest BCUT2D eigenvalue weighted by molar-refractivity contribution is 5.92. The molecule has 5 amide bonds. The molecule has 0 aromatic rings. The van der Waals surface area contributed by atoms with Gasteiger partial charge in [0.2, 0.25) is 17.7 Å². The molecule has 0 aliphatic heterocycles. The summed E-state index contributed by atoms with van der Waals surface area (Å²) in [6.45, 7) is 7.06. The highest BCUT2D eigenvalue weighted by atomic mass is 16.6. The maximum Gasteiger partial charge on any atom is 0.312 e. The highest BCUT2D eigenvalue weighted by Gasteiger charge is 2.29. The molecule has 0 saturated heterocycles. The molecule has 0 heterocycles. The summed E-state index contributed by atoms with van der Waals surface area (Å²) in [5.74, 6) is 4.41. The molecule has 49 heavy (non-hydrogen) atoms. The van der Waals surface area contributed by atoms with E-state index in [-0.39, 0.29) is 61.6 Å². The van der Waals surface area contributed by atoms with E-state index in [1.807, 2.05) is 13.8 Å². The largest absolute Gasteiger partial charge is 0.379 e. The van der Waals surface area contributed by atoms with E-state index in [4.69, 9.17) is 29.4 Å². The van der Waals surface area contributed by atoms with Crippen molar-refractivity contribution in [2.45, 2.75) is 83.8 Å². The second-order valence-corrected chi connectivity index (χ2v) is 12.0. The van der Waals surface area contributed by atoms with Crippen molar-refractivity contribution in [1.82, 2.24) is 21.3 Å². The fourth-order valence-corrected chi connectivity index (χ4v) is 4.84. The Bertz CT molecular complexity index is 1030. The van der Waals surface area contributed by atoms with Crippen LogP contribution >= 0.6 is 0 Å². The number of hydrogen-bond acceptors (Lipinski definition) is 10. The van der Waals surface area contributed by atoms with E-state index in [9.17, 15) is 24.0 Å². The highest BCUT2D eigenvalue weighted by Crippen LogP contribution is 2.16. The van der Waals surface area contributed by atoms with Crippen molar-refractivity contribution >= 4 is 29.5 Å². The molecular formula is C34H59N5O10. The van der Waals surface area contributed by atoms with Crippen molar-refractivity contribution in [2.75, 3.05) is 79.6 Å². The molecule has 1 rings (SSSR count). The first-order chi connectivity index (χ1) is 23.6. The Labute approximate surface area is 291 Å². The van der Waals surface area contributed by atoms with Crippen LogP contribution in [0.25, 0.3) is 0 Å². The van der Waals surface area contributed by atoms with E-state index < -0.39 is 18.0 Å². The van der Waals surface area contributed by atoms with Crippen molar-refractivity contribution < 1.29 is 47.7 Å². The van der Waals surface area contributed by atoms with Gasteiger partial charge in [-0.3, -0.25) is 19.2 Å². The Balaban J connectivity index is 2.05. The molecule has 1 aliphatic rings. The topological polar surface area (TPSA) is 206 Å². The predicted octanol–water partition coefficient (Wildman–Crippen LogP) is 0.823. The standard InChI is InChI=1S/C34H59N5O10/c1-26(2)32(29(40)24-27(33(43)36-3)10-9-14-38-34(35)44)39-30(41)13-16-45-18-20-47-22-23-48-21-19-46-17-15-37-31(42)25-49-28-11-7-5-4-6-8-12-28/h26-28,32H,4-7,9-11,13-25H2,1-3H3,(H,36,43)(H,37,42)(H,39,41)(H3,35,38,44)/t27-,28?,32+/m1/s1. The number of ether oxygens (including phenoxy) is 5. The van der Waals surface area contributed by atoms with E-state index in [1.54, 1.807) is 0 Å².